The van der Waals surface area contributed by atoms with Gasteiger partial charge < -0.3 is 35.5 Å². The van der Waals surface area contributed by atoms with Crippen LogP contribution in [0.15, 0.2) is 104 Å². The number of ether oxygens (including phenoxy) is 3. The van der Waals surface area contributed by atoms with Crippen LogP contribution in [-0.2, 0) is 20.6 Å². The number of amides is 1. The second kappa shape index (κ2) is 16.7. The topological polar surface area (TPSA) is 106 Å². The normalized spacial score (nSPS) is 17.1. The number of hydrogen-bond acceptors (Lipinski definition) is 8. The van der Waals surface area contributed by atoms with E-state index in [1.165, 1.54) is 7.11 Å². The summed E-state index contributed by atoms with van der Waals surface area (Å²) >= 11 is 0. The van der Waals surface area contributed by atoms with Gasteiger partial charge in [-0.25, -0.2) is 4.79 Å². The number of morpholine rings is 1. The van der Waals surface area contributed by atoms with E-state index in [4.69, 9.17) is 14.2 Å². The van der Waals surface area contributed by atoms with Gasteiger partial charge in [0.05, 0.1) is 43.8 Å². The van der Waals surface area contributed by atoms with Crippen molar-refractivity contribution in [1.82, 2.24) is 20.9 Å². The van der Waals surface area contributed by atoms with E-state index in [9.17, 15) is 18.0 Å². The van der Waals surface area contributed by atoms with Crippen LogP contribution in [0.3, 0.4) is 0 Å². The Labute approximate surface area is 267 Å². The Bertz CT molecular complexity index is 1380. The minimum atomic E-state index is -4.35. The molecule has 1 fully saturated rings. The van der Waals surface area contributed by atoms with Gasteiger partial charge in [-0.2, -0.15) is 13.2 Å². The van der Waals surface area contributed by atoms with Crippen LogP contribution in [0.25, 0.3) is 0 Å². The number of alkyl halides is 3. The molecule has 2 aromatic carbocycles. The third kappa shape index (κ3) is 10.5. The number of aryl methyl sites for hydroxylation is 1. The maximum atomic E-state index is 12.6. The third-order valence-electron chi connectivity index (χ3n) is 7.54. The number of alkyl carbamates (subject to hydrolysis) is 1. The molecular weight excluding hydrogens is 599 g/mol. The summed E-state index contributed by atoms with van der Waals surface area (Å²) in [4.78, 5) is 16.9. The maximum absolute atomic E-state index is 12.6. The van der Waals surface area contributed by atoms with E-state index in [1.807, 2.05) is 66.7 Å². The molecule has 3 atom stereocenters. The van der Waals surface area contributed by atoms with Gasteiger partial charge in [-0.15, -0.1) is 0 Å². The Kier molecular flexibility index (Phi) is 12.4. The molecule has 0 bridgehead atoms. The van der Waals surface area contributed by atoms with Crippen LogP contribution in [0.4, 0.5) is 23.7 Å². The number of pyridine rings is 1. The molecule has 0 radical (unpaired) electrons. The minimum Gasteiger partial charge on any atom is -0.478 e. The molecule has 12 heteroatoms. The fourth-order valence-electron chi connectivity index (χ4n) is 5.19. The Morgan fingerprint density at radius 1 is 1.09 bits per heavy atom. The maximum Gasteiger partial charge on any atom is 0.407 e. The fraction of sp³-hybridized carbons (Fsp3) is 0.353. The van der Waals surface area contributed by atoms with Gasteiger partial charge in [0.25, 0.3) is 0 Å². The zero-order valence-corrected chi connectivity index (χ0v) is 25.7. The molecule has 0 aliphatic carbocycles. The molecule has 1 aliphatic rings. The van der Waals surface area contributed by atoms with Gasteiger partial charge in [0.2, 0.25) is 0 Å². The van der Waals surface area contributed by atoms with Gasteiger partial charge in [-0.3, -0.25) is 4.98 Å². The van der Waals surface area contributed by atoms with Crippen molar-refractivity contribution in [2.24, 2.45) is 0 Å². The van der Waals surface area contributed by atoms with Crippen LogP contribution in [0.2, 0.25) is 0 Å². The van der Waals surface area contributed by atoms with Crippen LogP contribution in [0, 0.1) is 0 Å². The summed E-state index contributed by atoms with van der Waals surface area (Å²) in [6.07, 6.45) is -0.200. The summed E-state index contributed by atoms with van der Waals surface area (Å²) in [5.41, 5.74) is 4.30. The second-order valence-corrected chi connectivity index (χ2v) is 10.9. The van der Waals surface area contributed by atoms with Gasteiger partial charge in [-0.1, -0.05) is 67.2 Å². The van der Waals surface area contributed by atoms with Crippen molar-refractivity contribution in [2.45, 2.75) is 43.1 Å². The number of carbonyl (C=O) groups is 1. The van der Waals surface area contributed by atoms with E-state index < -0.39 is 24.9 Å². The molecule has 3 aromatic rings. The lowest BCUT2D eigenvalue weighted by molar-refractivity contribution is -0.125. The lowest BCUT2D eigenvalue weighted by Crippen LogP contribution is -2.49. The Morgan fingerprint density at radius 2 is 1.76 bits per heavy atom. The molecule has 0 unspecified atom stereocenters. The Balaban J connectivity index is 1.38. The molecule has 0 saturated carbocycles. The molecule has 1 aliphatic heterocycles. The number of benzene rings is 2. The monoisotopic (exact) mass is 639 g/mol. The summed E-state index contributed by atoms with van der Waals surface area (Å²) in [5, 5.41) is 11.8. The smallest absolute Gasteiger partial charge is 0.407 e. The standard InChI is InChI=1S/C34H40F3N5O4/c1-23(32(42-33(43)44-3)31(26-10-6-4-7-11-26)27-12-8-5-9-13-27)41-30-19-38-17-16-25(30)14-15-29-18-39-28(21-46-29)20-45-24(2)40-22-34(35,36)37/h4-13,16-17,19,28-29,31-32,39-41H,1-2,14-15,18,20-22H2,3H3,(H,42,43)/t28-,29-,32-/m1/s1. The highest BCUT2D eigenvalue weighted by Crippen LogP contribution is 2.32. The molecule has 4 N–H and O–H groups in total. The minimum absolute atomic E-state index is 0.0821. The van der Waals surface area contributed by atoms with E-state index in [2.05, 4.69) is 39.4 Å². The first-order valence-electron chi connectivity index (χ1n) is 14.9. The summed E-state index contributed by atoms with van der Waals surface area (Å²) in [7, 11) is 1.33. The molecule has 46 heavy (non-hydrogen) atoms. The Morgan fingerprint density at radius 3 is 2.35 bits per heavy atom. The summed E-state index contributed by atoms with van der Waals surface area (Å²) in [6.45, 7) is 7.64. The van der Waals surface area contributed by atoms with Crippen LogP contribution in [0.1, 0.15) is 29.0 Å². The number of hydrogen-bond donors (Lipinski definition) is 4. The van der Waals surface area contributed by atoms with Gasteiger partial charge in [0.15, 0.2) is 5.88 Å². The van der Waals surface area contributed by atoms with Gasteiger partial charge >= 0.3 is 12.3 Å². The highest BCUT2D eigenvalue weighted by Gasteiger charge is 2.30. The zero-order valence-electron chi connectivity index (χ0n) is 25.7. The quantitative estimate of drug-likeness (QED) is 0.162. The van der Waals surface area contributed by atoms with Crippen molar-refractivity contribution in [3.63, 3.8) is 0 Å². The number of methoxy groups -OCH3 is 1. The number of halogens is 3. The number of anilines is 1. The number of rotatable bonds is 15. The predicted molar refractivity (Wildman–Crippen MR) is 170 cm³/mol. The van der Waals surface area contributed by atoms with Crippen LogP contribution < -0.4 is 21.3 Å². The Hall–Kier alpha value is -4.55. The first-order chi connectivity index (χ1) is 22.1. The lowest BCUT2D eigenvalue weighted by atomic mass is 9.83. The van der Waals surface area contributed by atoms with Crippen LogP contribution in [0.5, 0.6) is 0 Å². The fourth-order valence-corrected chi connectivity index (χ4v) is 5.19. The number of carbonyl (C=O) groups excluding carboxylic acids is 1. The second-order valence-electron chi connectivity index (χ2n) is 10.9. The third-order valence-corrected chi connectivity index (χ3v) is 7.54. The van der Waals surface area contributed by atoms with Gasteiger partial charge in [-0.05, 0) is 42.2 Å². The molecule has 2 heterocycles. The van der Waals surface area contributed by atoms with E-state index in [0.29, 0.717) is 31.7 Å². The molecule has 4 rings (SSSR count). The van der Waals surface area contributed by atoms with E-state index >= 15 is 0 Å². The van der Waals surface area contributed by atoms with E-state index in [-0.39, 0.29) is 30.6 Å². The highest BCUT2D eigenvalue weighted by atomic mass is 19.4. The van der Waals surface area contributed by atoms with Crippen LogP contribution in [-0.4, -0.2) is 68.9 Å². The summed E-state index contributed by atoms with van der Waals surface area (Å²) < 4.78 is 53.4. The summed E-state index contributed by atoms with van der Waals surface area (Å²) in [5.74, 6) is -0.402. The molecule has 1 saturated heterocycles. The van der Waals surface area contributed by atoms with Crippen molar-refractivity contribution in [1.29, 1.82) is 0 Å². The molecular formula is C34H40F3N5O4. The molecule has 1 aromatic heterocycles. The average molecular weight is 640 g/mol. The van der Waals surface area contributed by atoms with Gasteiger partial charge in [0.1, 0.15) is 13.2 Å². The number of nitrogens with zero attached hydrogens (tertiary/aromatic N) is 1. The first-order valence-corrected chi connectivity index (χ1v) is 14.9. The molecule has 0 spiro atoms. The van der Waals surface area contributed by atoms with E-state index in [0.717, 1.165) is 22.4 Å². The summed E-state index contributed by atoms with van der Waals surface area (Å²) in [6, 6.07) is 21.0. The molecule has 1 amide bonds. The van der Waals surface area contributed by atoms with Crippen molar-refractivity contribution >= 4 is 11.8 Å². The van der Waals surface area contributed by atoms with Crippen molar-refractivity contribution < 1.29 is 32.2 Å². The van der Waals surface area contributed by atoms with E-state index in [1.54, 1.807) is 12.4 Å². The van der Waals surface area contributed by atoms with Crippen molar-refractivity contribution in [2.75, 3.05) is 38.7 Å². The van der Waals surface area contributed by atoms with Gasteiger partial charge in [0, 0.05) is 24.4 Å². The predicted octanol–water partition coefficient (Wildman–Crippen LogP) is 5.49. The van der Waals surface area contributed by atoms with Crippen LogP contribution >= 0.6 is 0 Å². The lowest BCUT2D eigenvalue weighted by Gasteiger charge is -2.31. The van der Waals surface area contributed by atoms with Crippen molar-refractivity contribution in [3.8, 4) is 0 Å². The first kappa shape index (κ1) is 34.3. The van der Waals surface area contributed by atoms with Crippen molar-refractivity contribution in [3.05, 3.63) is 121 Å². The largest absolute Gasteiger partial charge is 0.478 e. The number of aromatic nitrogens is 1. The average Bonchev–Trinajstić information content (AvgIpc) is 3.06. The SMILES string of the molecule is C=C(NCC(F)(F)F)OC[C@@H]1CO[C@H](CCc2ccncc2NC(=C)[C@@H](NC(=O)OC)C(c2ccccc2)c2ccccc2)CN1. The number of nitrogens with one attached hydrogen (secondary N) is 4. The zero-order chi connectivity index (χ0) is 32.9. The highest BCUT2D eigenvalue weighted by molar-refractivity contribution is 5.69. The molecule has 9 nitrogen and oxygen atoms in total. The molecule has 246 valence electrons.